The van der Waals surface area contributed by atoms with Gasteiger partial charge in [-0.25, -0.2) is 0 Å². The van der Waals surface area contributed by atoms with Gasteiger partial charge < -0.3 is 10.3 Å². The fraction of sp³-hybridized carbons (Fsp3) is 0.800. The normalized spacial score (nSPS) is 21.2. The lowest BCUT2D eigenvalue weighted by Gasteiger charge is -2.09. The van der Waals surface area contributed by atoms with E-state index in [1.54, 1.807) is 0 Å². The number of rotatable bonds is 3. The lowest BCUT2D eigenvalue weighted by atomic mass is 10.1. The van der Waals surface area contributed by atoms with Crippen LogP contribution in [-0.4, -0.2) is 10.1 Å². The highest BCUT2D eigenvalue weighted by Crippen LogP contribution is 2.46. The fourth-order valence-corrected chi connectivity index (χ4v) is 1.31. The first-order chi connectivity index (χ1) is 6.53. The Labute approximate surface area is 83.9 Å². The molecule has 4 heteroatoms. The summed E-state index contributed by atoms with van der Waals surface area (Å²) in [6.45, 7) is 6.25. The third-order valence-electron chi connectivity index (χ3n) is 2.98. The van der Waals surface area contributed by atoms with Gasteiger partial charge in [0, 0.05) is 5.41 Å². The van der Waals surface area contributed by atoms with E-state index in [2.05, 4.69) is 17.1 Å². The molecule has 0 unspecified atom stereocenters. The summed E-state index contributed by atoms with van der Waals surface area (Å²) < 4.78 is 5.17. The minimum Gasteiger partial charge on any atom is -0.338 e. The van der Waals surface area contributed by atoms with Crippen LogP contribution in [0.25, 0.3) is 0 Å². The largest absolute Gasteiger partial charge is 0.338 e. The van der Waals surface area contributed by atoms with Crippen molar-refractivity contribution in [3.63, 3.8) is 0 Å². The Morgan fingerprint density at radius 3 is 2.57 bits per heavy atom. The van der Waals surface area contributed by atoms with Crippen LogP contribution in [0.4, 0.5) is 0 Å². The van der Waals surface area contributed by atoms with Crippen molar-refractivity contribution in [2.75, 3.05) is 0 Å². The van der Waals surface area contributed by atoms with Crippen molar-refractivity contribution in [1.29, 1.82) is 0 Å². The van der Waals surface area contributed by atoms with E-state index in [9.17, 15) is 0 Å². The third-order valence-corrected chi connectivity index (χ3v) is 2.98. The molecule has 0 radical (unpaired) electrons. The third kappa shape index (κ3) is 1.54. The second-order valence-electron chi connectivity index (χ2n) is 4.79. The van der Waals surface area contributed by atoms with Gasteiger partial charge in [0.2, 0.25) is 5.89 Å². The van der Waals surface area contributed by atoms with Crippen molar-refractivity contribution in [2.24, 2.45) is 11.7 Å². The smallest absolute Gasteiger partial charge is 0.243 e. The predicted molar refractivity (Wildman–Crippen MR) is 52.7 cm³/mol. The Kier molecular flexibility index (Phi) is 2.10. The standard InChI is InChI=1S/C10H17N3O/c1-6(2)7(11)8-12-9(13-14-8)10(3)4-5-10/h6-7H,4-5,11H2,1-3H3/t7-/m1/s1. The zero-order chi connectivity index (χ0) is 10.3. The van der Waals surface area contributed by atoms with E-state index in [-0.39, 0.29) is 11.5 Å². The molecule has 14 heavy (non-hydrogen) atoms. The molecule has 0 bridgehead atoms. The topological polar surface area (TPSA) is 64.9 Å². The monoisotopic (exact) mass is 195 g/mol. The van der Waals surface area contributed by atoms with Crippen LogP contribution in [-0.2, 0) is 5.41 Å². The predicted octanol–water partition coefficient (Wildman–Crippen LogP) is 1.78. The summed E-state index contributed by atoms with van der Waals surface area (Å²) in [5, 5.41) is 3.99. The Balaban J connectivity index is 2.17. The summed E-state index contributed by atoms with van der Waals surface area (Å²) in [5.74, 6) is 1.72. The average molecular weight is 195 g/mol. The summed E-state index contributed by atoms with van der Waals surface area (Å²) in [5.41, 5.74) is 6.08. The second-order valence-corrected chi connectivity index (χ2v) is 4.79. The van der Waals surface area contributed by atoms with Gasteiger partial charge in [0.25, 0.3) is 0 Å². The van der Waals surface area contributed by atoms with Gasteiger partial charge in [-0.2, -0.15) is 4.98 Å². The molecule has 0 aliphatic heterocycles. The summed E-state index contributed by atoms with van der Waals surface area (Å²) in [6.07, 6.45) is 2.31. The molecule has 1 fully saturated rings. The summed E-state index contributed by atoms with van der Waals surface area (Å²) in [6, 6.07) is -0.140. The van der Waals surface area contributed by atoms with Gasteiger partial charge in [-0.15, -0.1) is 0 Å². The molecule has 1 atom stereocenters. The molecule has 0 amide bonds. The number of aromatic nitrogens is 2. The van der Waals surface area contributed by atoms with E-state index in [1.807, 2.05) is 13.8 Å². The molecular weight excluding hydrogens is 178 g/mol. The summed E-state index contributed by atoms with van der Waals surface area (Å²) in [7, 11) is 0. The minimum absolute atomic E-state index is 0.140. The van der Waals surface area contributed by atoms with Crippen LogP contribution in [0.2, 0.25) is 0 Å². The highest BCUT2D eigenvalue weighted by molar-refractivity contribution is 5.14. The van der Waals surface area contributed by atoms with Crippen molar-refractivity contribution in [2.45, 2.75) is 45.1 Å². The molecule has 1 saturated carbocycles. The average Bonchev–Trinajstić information content (AvgIpc) is 2.69. The van der Waals surface area contributed by atoms with Crippen LogP contribution >= 0.6 is 0 Å². The van der Waals surface area contributed by atoms with Crippen molar-refractivity contribution in [3.8, 4) is 0 Å². The lowest BCUT2D eigenvalue weighted by molar-refractivity contribution is 0.321. The van der Waals surface area contributed by atoms with Gasteiger partial charge in [0.05, 0.1) is 6.04 Å². The molecule has 0 aromatic carbocycles. The van der Waals surface area contributed by atoms with Crippen LogP contribution in [0.3, 0.4) is 0 Å². The first kappa shape index (κ1) is 9.65. The second kappa shape index (κ2) is 3.05. The van der Waals surface area contributed by atoms with Crippen LogP contribution in [0, 0.1) is 5.92 Å². The molecule has 1 aromatic heterocycles. The van der Waals surface area contributed by atoms with E-state index >= 15 is 0 Å². The molecule has 1 aliphatic rings. The highest BCUT2D eigenvalue weighted by atomic mass is 16.5. The molecule has 4 nitrogen and oxygen atoms in total. The van der Waals surface area contributed by atoms with Gasteiger partial charge >= 0.3 is 0 Å². The zero-order valence-corrected chi connectivity index (χ0v) is 8.95. The van der Waals surface area contributed by atoms with E-state index < -0.39 is 0 Å². The number of nitrogens with two attached hydrogens (primary N) is 1. The van der Waals surface area contributed by atoms with Gasteiger partial charge in [-0.05, 0) is 18.8 Å². The van der Waals surface area contributed by atoms with Crippen molar-refractivity contribution < 1.29 is 4.52 Å². The van der Waals surface area contributed by atoms with Gasteiger partial charge in [-0.3, -0.25) is 0 Å². The molecule has 1 aromatic rings. The first-order valence-corrected chi connectivity index (χ1v) is 5.12. The summed E-state index contributed by atoms with van der Waals surface area (Å²) >= 11 is 0. The van der Waals surface area contributed by atoms with Gasteiger partial charge in [0.15, 0.2) is 5.82 Å². The quantitative estimate of drug-likeness (QED) is 0.798. The molecule has 1 heterocycles. The molecule has 0 saturated heterocycles. The highest BCUT2D eigenvalue weighted by Gasteiger charge is 2.43. The first-order valence-electron chi connectivity index (χ1n) is 5.12. The van der Waals surface area contributed by atoms with E-state index in [0.29, 0.717) is 11.8 Å². The minimum atomic E-state index is -0.140. The van der Waals surface area contributed by atoms with Crippen LogP contribution in [0.15, 0.2) is 4.52 Å². The van der Waals surface area contributed by atoms with Crippen molar-refractivity contribution in [3.05, 3.63) is 11.7 Å². The van der Waals surface area contributed by atoms with Crippen molar-refractivity contribution in [1.82, 2.24) is 10.1 Å². The number of hydrogen-bond donors (Lipinski definition) is 1. The molecule has 1 aliphatic carbocycles. The maximum atomic E-state index is 5.92. The fourth-order valence-electron chi connectivity index (χ4n) is 1.31. The lowest BCUT2D eigenvalue weighted by Crippen LogP contribution is -2.17. The zero-order valence-electron chi connectivity index (χ0n) is 8.95. The van der Waals surface area contributed by atoms with E-state index in [1.165, 1.54) is 0 Å². The Morgan fingerprint density at radius 2 is 2.07 bits per heavy atom. The van der Waals surface area contributed by atoms with Gasteiger partial charge in [-0.1, -0.05) is 25.9 Å². The molecule has 2 rings (SSSR count). The molecular formula is C10H17N3O. The SMILES string of the molecule is CC(C)[C@@H](N)c1nc(C2(C)CC2)no1. The Morgan fingerprint density at radius 1 is 1.43 bits per heavy atom. The van der Waals surface area contributed by atoms with Crippen LogP contribution < -0.4 is 5.73 Å². The molecule has 0 spiro atoms. The Bertz CT molecular complexity index is 328. The van der Waals surface area contributed by atoms with Crippen LogP contribution in [0.5, 0.6) is 0 Å². The van der Waals surface area contributed by atoms with Crippen LogP contribution in [0.1, 0.15) is 51.4 Å². The molecule has 78 valence electrons. The van der Waals surface area contributed by atoms with E-state index in [4.69, 9.17) is 10.3 Å². The summed E-state index contributed by atoms with van der Waals surface area (Å²) in [4.78, 5) is 4.36. The number of hydrogen-bond acceptors (Lipinski definition) is 4. The Hall–Kier alpha value is -0.900. The molecule has 2 N–H and O–H groups in total. The number of nitrogens with zero attached hydrogens (tertiary/aromatic N) is 2. The maximum absolute atomic E-state index is 5.92. The van der Waals surface area contributed by atoms with Gasteiger partial charge in [0.1, 0.15) is 0 Å². The maximum Gasteiger partial charge on any atom is 0.243 e. The van der Waals surface area contributed by atoms with E-state index in [0.717, 1.165) is 18.7 Å². The van der Waals surface area contributed by atoms with Crippen molar-refractivity contribution >= 4 is 0 Å².